The standard InChI is InChI=1S/C39H40F4N8O4/c1-48-35-30(51(38(48)55)31-13-14-33(52)46-37(31)54)12-10-27(40)34(35)23-15-17-49(18-16-23)20-22-5-8-26(9-6-22)50-21-24-19-25(7-11-28(24)47-50)44-36(53)29-3-2-4-32(45-29)39(41,42)43/h2-4,7,10-12,19,21-23,26,31H,5-6,8-9,13-18,20H2,1H3,(H,44,53)(H,46,52,54)/t22-,26-,31?. The van der Waals surface area contributed by atoms with E-state index in [0.29, 0.717) is 28.2 Å². The lowest BCUT2D eigenvalue weighted by molar-refractivity contribution is -0.141. The first-order valence-corrected chi connectivity index (χ1v) is 18.6. The summed E-state index contributed by atoms with van der Waals surface area (Å²) in [6.45, 7) is 2.55. The number of carbonyl (C=O) groups is 3. The maximum Gasteiger partial charge on any atom is 0.433 e. The largest absolute Gasteiger partial charge is 0.433 e. The second-order valence-electron chi connectivity index (χ2n) is 15.0. The second kappa shape index (κ2) is 14.4. The number of fused-ring (bicyclic) bond motifs is 2. The number of piperidine rings is 2. The van der Waals surface area contributed by atoms with Gasteiger partial charge in [0.05, 0.1) is 22.6 Å². The van der Waals surface area contributed by atoms with Crippen molar-refractivity contribution >= 4 is 45.3 Å². The number of hydrogen-bond donors (Lipinski definition) is 2. The molecular formula is C39H40F4N8O4. The summed E-state index contributed by atoms with van der Waals surface area (Å²) in [6.07, 6.45) is 3.06. The lowest BCUT2D eigenvalue weighted by Gasteiger charge is -2.37. The monoisotopic (exact) mass is 760 g/mol. The zero-order valence-electron chi connectivity index (χ0n) is 30.1. The number of alkyl halides is 3. The summed E-state index contributed by atoms with van der Waals surface area (Å²) in [5.74, 6) is -1.56. The normalized spacial score (nSPS) is 21.7. The maximum absolute atomic E-state index is 15.6. The van der Waals surface area contributed by atoms with Crippen molar-refractivity contribution in [2.24, 2.45) is 13.0 Å². The van der Waals surface area contributed by atoms with Gasteiger partial charge >= 0.3 is 11.9 Å². The number of nitrogens with zero attached hydrogens (tertiary/aromatic N) is 6. The van der Waals surface area contributed by atoms with Gasteiger partial charge in [0.2, 0.25) is 11.8 Å². The van der Waals surface area contributed by atoms with E-state index in [0.717, 1.165) is 81.2 Å². The molecule has 1 aliphatic carbocycles. The number of pyridine rings is 1. The van der Waals surface area contributed by atoms with E-state index in [4.69, 9.17) is 5.10 Å². The topological polar surface area (TPSA) is 136 Å². The number of likely N-dealkylation sites (tertiary alicyclic amines) is 1. The molecule has 8 rings (SSSR count). The van der Waals surface area contributed by atoms with Gasteiger partial charge in [0, 0.05) is 42.8 Å². The first-order chi connectivity index (χ1) is 26.3. The zero-order chi connectivity index (χ0) is 38.6. The molecule has 55 heavy (non-hydrogen) atoms. The smallest absolute Gasteiger partial charge is 0.321 e. The molecule has 1 unspecified atom stereocenters. The fourth-order valence-corrected chi connectivity index (χ4v) is 8.68. The molecule has 3 amide bonds. The summed E-state index contributed by atoms with van der Waals surface area (Å²) >= 11 is 0. The molecule has 3 fully saturated rings. The molecule has 2 N–H and O–H groups in total. The Morgan fingerprint density at radius 3 is 2.45 bits per heavy atom. The molecular weight excluding hydrogens is 720 g/mol. The Morgan fingerprint density at radius 2 is 1.73 bits per heavy atom. The van der Waals surface area contributed by atoms with E-state index in [1.165, 1.54) is 21.3 Å². The van der Waals surface area contributed by atoms with Crippen LogP contribution in [0.4, 0.5) is 23.2 Å². The first-order valence-electron chi connectivity index (χ1n) is 18.6. The van der Waals surface area contributed by atoms with E-state index < -0.39 is 35.4 Å². The van der Waals surface area contributed by atoms with Crippen molar-refractivity contribution < 1.29 is 31.9 Å². The Balaban J connectivity index is 0.868. The summed E-state index contributed by atoms with van der Waals surface area (Å²) in [6, 6.07) is 10.7. The van der Waals surface area contributed by atoms with Crippen molar-refractivity contribution in [2.75, 3.05) is 25.0 Å². The number of rotatable bonds is 7. The van der Waals surface area contributed by atoms with Gasteiger partial charge in [0.15, 0.2) is 0 Å². The minimum absolute atomic E-state index is 0.0843. The maximum atomic E-state index is 15.6. The Labute approximate surface area is 312 Å². The van der Waals surface area contributed by atoms with Gasteiger partial charge in [-0.1, -0.05) is 6.07 Å². The van der Waals surface area contributed by atoms with Gasteiger partial charge in [0.25, 0.3) is 5.91 Å². The third-order valence-corrected chi connectivity index (χ3v) is 11.5. The predicted molar refractivity (Wildman–Crippen MR) is 195 cm³/mol. The highest BCUT2D eigenvalue weighted by Gasteiger charge is 2.35. The number of benzene rings is 2. The predicted octanol–water partition coefficient (Wildman–Crippen LogP) is 6.08. The number of nitrogens with one attached hydrogen (secondary N) is 2. The van der Waals surface area contributed by atoms with Gasteiger partial charge in [-0.2, -0.15) is 18.3 Å². The van der Waals surface area contributed by atoms with Crippen LogP contribution in [0.3, 0.4) is 0 Å². The highest BCUT2D eigenvalue weighted by molar-refractivity contribution is 6.04. The van der Waals surface area contributed by atoms with E-state index in [1.54, 1.807) is 31.3 Å². The number of carbonyl (C=O) groups excluding carboxylic acids is 3. The van der Waals surface area contributed by atoms with Crippen LogP contribution in [0.2, 0.25) is 0 Å². The van der Waals surface area contributed by atoms with Gasteiger partial charge in [-0.15, -0.1) is 0 Å². The molecule has 12 nitrogen and oxygen atoms in total. The molecule has 3 aliphatic rings. The van der Waals surface area contributed by atoms with Crippen LogP contribution in [0.5, 0.6) is 0 Å². The minimum atomic E-state index is -4.65. The first kappa shape index (κ1) is 36.6. The highest BCUT2D eigenvalue weighted by atomic mass is 19.4. The average molecular weight is 761 g/mol. The third kappa shape index (κ3) is 7.14. The van der Waals surface area contributed by atoms with Crippen molar-refractivity contribution in [3.8, 4) is 0 Å². The number of halogens is 4. The van der Waals surface area contributed by atoms with Crippen molar-refractivity contribution in [3.63, 3.8) is 0 Å². The zero-order valence-corrected chi connectivity index (χ0v) is 30.1. The molecule has 16 heteroatoms. The van der Waals surface area contributed by atoms with Crippen LogP contribution in [0.25, 0.3) is 21.9 Å². The summed E-state index contributed by atoms with van der Waals surface area (Å²) in [5, 5.41) is 10.5. The van der Waals surface area contributed by atoms with Crippen LogP contribution in [-0.4, -0.2) is 66.2 Å². The molecule has 0 spiro atoms. The summed E-state index contributed by atoms with van der Waals surface area (Å²) in [4.78, 5) is 56.4. The molecule has 288 valence electrons. The van der Waals surface area contributed by atoms with Crippen LogP contribution in [0.15, 0.2) is 59.5 Å². The van der Waals surface area contributed by atoms with Gasteiger partial charge in [-0.05, 0) is 112 Å². The molecule has 5 aromatic rings. The number of imidazole rings is 1. The summed E-state index contributed by atoms with van der Waals surface area (Å²) < 4.78 is 59.6. The van der Waals surface area contributed by atoms with E-state index >= 15 is 4.39 Å². The van der Waals surface area contributed by atoms with Gasteiger partial charge in [0.1, 0.15) is 23.2 Å². The number of aryl methyl sites for hydroxylation is 1. The SMILES string of the molecule is Cn1c(=O)n(C2CCC(=O)NC2=O)c2ccc(F)c(C3CCN(C[C@H]4CC[C@H](n5cc6cc(NC(=O)c7cccc(C(F)(F)F)n7)ccc6n5)CC4)CC3)c21. The lowest BCUT2D eigenvalue weighted by Crippen LogP contribution is -2.44. The van der Waals surface area contributed by atoms with Gasteiger partial charge < -0.3 is 10.2 Å². The molecule has 2 aliphatic heterocycles. The van der Waals surface area contributed by atoms with Crippen molar-refractivity contribution in [1.29, 1.82) is 0 Å². The highest BCUT2D eigenvalue weighted by Crippen LogP contribution is 2.38. The Bertz CT molecular complexity index is 2370. The number of hydrogen-bond acceptors (Lipinski definition) is 7. The van der Waals surface area contributed by atoms with Crippen LogP contribution >= 0.6 is 0 Å². The Kier molecular flexibility index (Phi) is 9.55. The fourth-order valence-electron chi connectivity index (χ4n) is 8.68. The molecule has 3 aromatic heterocycles. The molecule has 0 radical (unpaired) electrons. The molecule has 0 bridgehead atoms. The van der Waals surface area contributed by atoms with Crippen molar-refractivity contribution in [2.45, 2.75) is 75.5 Å². The average Bonchev–Trinajstić information content (AvgIpc) is 3.70. The van der Waals surface area contributed by atoms with Gasteiger partial charge in [-0.3, -0.25) is 33.5 Å². The second-order valence-corrected chi connectivity index (χ2v) is 15.0. The van der Waals surface area contributed by atoms with Gasteiger partial charge in [-0.25, -0.2) is 14.2 Å². The Morgan fingerprint density at radius 1 is 0.964 bits per heavy atom. The number of anilines is 1. The van der Waals surface area contributed by atoms with E-state index in [2.05, 4.69) is 20.5 Å². The van der Waals surface area contributed by atoms with Crippen LogP contribution in [0, 0.1) is 11.7 Å². The van der Waals surface area contributed by atoms with Crippen LogP contribution in [0.1, 0.15) is 91.1 Å². The summed E-state index contributed by atoms with van der Waals surface area (Å²) in [7, 11) is 1.61. The number of imide groups is 1. The quantitative estimate of drug-likeness (QED) is 0.152. The van der Waals surface area contributed by atoms with E-state index in [1.807, 2.05) is 10.9 Å². The van der Waals surface area contributed by atoms with Crippen LogP contribution in [-0.2, 0) is 22.8 Å². The number of aromatic nitrogens is 5. The van der Waals surface area contributed by atoms with Crippen molar-refractivity contribution in [3.05, 3.63) is 88.0 Å². The minimum Gasteiger partial charge on any atom is -0.321 e. The van der Waals surface area contributed by atoms with Crippen LogP contribution < -0.4 is 16.3 Å². The molecule has 5 heterocycles. The summed E-state index contributed by atoms with van der Waals surface area (Å²) in [5.41, 5.74) is 0.832. The lowest BCUT2D eigenvalue weighted by atomic mass is 9.84. The van der Waals surface area contributed by atoms with Crippen molar-refractivity contribution in [1.82, 2.24) is 34.1 Å². The third-order valence-electron chi connectivity index (χ3n) is 11.5. The fraction of sp³-hybridized carbons (Fsp3) is 0.436. The molecule has 2 aromatic carbocycles. The number of amides is 3. The Hall–Kier alpha value is -5.38. The molecule has 1 atom stereocenters. The van der Waals surface area contributed by atoms with E-state index in [9.17, 15) is 32.3 Å². The molecule has 1 saturated carbocycles. The molecule has 2 saturated heterocycles. The van der Waals surface area contributed by atoms with E-state index in [-0.39, 0.29) is 42.2 Å².